The molecule has 1 heterocycles. The molecule has 8 nitrogen and oxygen atoms in total. The topological polar surface area (TPSA) is 99.5 Å². The summed E-state index contributed by atoms with van der Waals surface area (Å²) in [6, 6.07) is 22.9. The lowest BCUT2D eigenvalue weighted by Gasteiger charge is -2.12. The first-order valence-corrected chi connectivity index (χ1v) is 11.3. The number of nitrogens with one attached hydrogen (secondary N) is 1. The Labute approximate surface area is 208 Å². The van der Waals surface area contributed by atoms with E-state index in [9.17, 15) is 14.4 Å². The minimum absolute atomic E-state index is 0.190. The fourth-order valence-electron chi connectivity index (χ4n) is 3.71. The number of carbonyl (C=O) groups excluding carboxylic acids is 3. The Morgan fingerprint density at radius 2 is 1.61 bits per heavy atom. The van der Waals surface area contributed by atoms with Gasteiger partial charge in [0, 0.05) is 16.8 Å². The minimum Gasteiger partial charge on any atom is -0.465 e. The average molecular weight is 484 g/mol. The fraction of sp³-hybridized carbons (Fsp3) is 0.143. The zero-order valence-electron chi connectivity index (χ0n) is 20.1. The lowest BCUT2D eigenvalue weighted by Crippen LogP contribution is -2.12. The third-order valence-corrected chi connectivity index (χ3v) is 5.52. The summed E-state index contributed by atoms with van der Waals surface area (Å²) in [6.07, 6.45) is 0. The number of nitrogens with zero attached hydrogens (tertiary/aromatic N) is 2. The highest BCUT2D eigenvalue weighted by Crippen LogP contribution is 2.28. The number of aromatic nitrogens is 2. The Morgan fingerprint density at radius 3 is 2.31 bits per heavy atom. The van der Waals surface area contributed by atoms with Crippen LogP contribution in [-0.2, 0) is 9.47 Å². The maximum absolute atomic E-state index is 12.8. The molecular weight excluding hydrogens is 458 g/mol. The summed E-state index contributed by atoms with van der Waals surface area (Å²) in [5.74, 6) is -1.31. The molecule has 8 heteroatoms. The van der Waals surface area contributed by atoms with Crippen LogP contribution in [0.25, 0.3) is 16.9 Å². The number of para-hydroxylation sites is 1. The highest BCUT2D eigenvalue weighted by atomic mass is 16.5. The highest BCUT2D eigenvalue weighted by molar-refractivity contribution is 6.05. The van der Waals surface area contributed by atoms with Gasteiger partial charge >= 0.3 is 11.9 Å². The SMILES string of the molecule is CCOC(=O)c1cc(-c2cccc(NC(=O)c3ccc(C(=O)OC)cc3)c2)n(-c2ccccc2C)n1. The van der Waals surface area contributed by atoms with Crippen LogP contribution in [0.1, 0.15) is 43.7 Å². The molecule has 1 amide bonds. The molecule has 36 heavy (non-hydrogen) atoms. The third kappa shape index (κ3) is 5.17. The molecule has 0 saturated carbocycles. The first kappa shape index (κ1) is 24.4. The van der Waals surface area contributed by atoms with Gasteiger partial charge in [-0.25, -0.2) is 14.3 Å². The van der Waals surface area contributed by atoms with Crippen molar-refractivity contribution in [1.82, 2.24) is 9.78 Å². The number of methoxy groups -OCH3 is 1. The number of benzene rings is 3. The third-order valence-electron chi connectivity index (χ3n) is 5.52. The predicted octanol–water partition coefficient (Wildman–Crippen LogP) is 5.06. The summed E-state index contributed by atoms with van der Waals surface area (Å²) in [6.45, 7) is 3.95. The van der Waals surface area contributed by atoms with E-state index in [1.807, 2.05) is 43.3 Å². The van der Waals surface area contributed by atoms with Crippen LogP contribution < -0.4 is 5.32 Å². The quantitative estimate of drug-likeness (QED) is 0.369. The Bertz CT molecular complexity index is 1420. The van der Waals surface area contributed by atoms with Gasteiger partial charge in [-0.15, -0.1) is 0 Å². The molecule has 0 unspecified atom stereocenters. The number of anilines is 1. The van der Waals surface area contributed by atoms with Crippen LogP contribution in [0.4, 0.5) is 5.69 Å². The van der Waals surface area contributed by atoms with Crippen LogP contribution in [0.15, 0.2) is 78.9 Å². The predicted molar refractivity (Wildman–Crippen MR) is 135 cm³/mol. The summed E-state index contributed by atoms with van der Waals surface area (Å²) in [5, 5.41) is 7.40. The molecule has 0 bridgehead atoms. The van der Waals surface area contributed by atoms with Gasteiger partial charge in [0.15, 0.2) is 5.69 Å². The molecule has 0 atom stereocenters. The molecule has 4 aromatic rings. The second kappa shape index (κ2) is 10.7. The molecule has 0 saturated heterocycles. The fourth-order valence-corrected chi connectivity index (χ4v) is 3.71. The van der Waals surface area contributed by atoms with Crippen LogP contribution in [0.5, 0.6) is 0 Å². The molecule has 0 radical (unpaired) electrons. The van der Waals surface area contributed by atoms with Crippen LogP contribution in [0.2, 0.25) is 0 Å². The highest BCUT2D eigenvalue weighted by Gasteiger charge is 2.19. The Hall–Kier alpha value is -4.72. The standard InChI is InChI=1S/C28H25N3O5/c1-4-36-28(34)23-17-25(31(30-23)24-11-6-5-8-18(24)2)21-9-7-10-22(16-21)29-26(32)19-12-14-20(15-13-19)27(33)35-3/h5-17H,4H2,1-3H3,(H,29,32). The zero-order chi connectivity index (χ0) is 25.7. The summed E-state index contributed by atoms with van der Waals surface area (Å²) in [7, 11) is 1.30. The molecule has 0 fully saturated rings. The second-order valence-electron chi connectivity index (χ2n) is 7.94. The lowest BCUT2D eigenvalue weighted by molar-refractivity contribution is 0.0518. The van der Waals surface area contributed by atoms with Gasteiger partial charge in [-0.1, -0.05) is 30.3 Å². The van der Waals surface area contributed by atoms with Crippen molar-refractivity contribution in [2.45, 2.75) is 13.8 Å². The van der Waals surface area contributed by atoms with Crippen molar-refractivity contribution in [3.63, 3.8) is 0 Å². The molecule has 1 aromatic heterocycles. The number of hydrogen-bond acceptors (Lipinski definition) is 6. The number of esters is 2. The lowest BCUT2D eigenvalue weighted by atomic mass is 10.1. The number of aryl methyl sites for hydroxylation is 1. The van der Waals surface area contributed by atoms with E-state index >= 15 is 0 Å². The van der Waals surface area contributed by atoms with Gasteiger partial charge in [-0.05, 0) is 67.9 Å². The number of ether oxygens (including phenoxy) is 2. The normalized spacial score (nSPS) is 10.5. The van der Waals surface area contributed by atoms with E-state index in [1.165, 1.54) is 19.2 Å². The van der Waals surface area contributed by atoms with Crippen LogP contribution in [-0.4, -0.2) is 41.3 Å². The zero-order valence-corrected chi connectivity index (χ0v) is 20.1. The Kier molecular flexibility index (Phi) is 7.25. The van der Waals surface area contributed by atoms with Gasteiger partial charge in [0.05, 0.1) is 30.7 Å². The first-order chi connectivity index (χ1) is 17.4. The first-order valence-electron chi connectivity index (χ1n) is 11.3. The van der Waals surface area contributed by atoms with E-state index in [0.29, 0.717) is 22.5 Å². The summed E-state index contributed by atoms with van der Waals surface area (Å²) in [5.41, 5.74) is 4.73. The van der Waals surface area contributed by atoms with E-state index in [4.69, 9.17) is 9.47 Å². The average Bonchev–Trinajstić information content (AvgIpc) is 3.34. The van der Waals surface area contributed by atoms with E-state index < -0.39 is 11.9 Å². The van der Waals surface area contributed by atoms with Gasteiger partial charge in [-0.2, -0.15) is 5.10 Å². The summed E-state index contributed by atoms with van der Waals surface area (Å²) < 4.78 is 11.5. The van der Waals surface area contributed by atoms with Gasteiger partial charge in [0.2, 0.25) is 0 Å². The second-order valence-corrected chi connectivity index (χ2v) is 7.94. The summed E-state index contributed by atoms with van der Waals surface area (Å²) in [4.78, 5) is 36.9. The maximum Gasteiger partial charge on any atom is 0.358 e. The van der Waals surface area contributed by atoms with E-state index in [2.05, 4.69) is 10.4 Å². The largest absolute Gasteiger partial charge is 0.465 e. The number of amides is 1. The van der Waals surface area contributed by atoms with E-state index in [-0.39, 0.29) is 18.2 Å². The molecule has 0 aliphatic carbocycles. The molecular formula is C28H25N3O5. The monoisotopic (exact) mass is 483 g/mol. The van der Waals surface area contributed by atoms with Crippen LogP contribution in [0.3, 0.4) is 0 Å². The van der Waals surface area contributed by atoms with Crippen molar-refractivity contribution in [3.8, 4) is 16.9 Å². The van der Waals surface area contributed by atoms with E-state index in [0.717, 1.165) is 16.8 Å². The van der Waals surface area contributed by atoms with Gasteiger partial charge in [0.25, 0.3) is 5.91 Å². The van der Waals surface area contributed by atoms with Crippen molar-refractivity contribution in [1.29, 1.82) is 0 Å². The van der Waals surface area contributed by atoms with Crippen LogP contribution in [0, 0.1) is 6.92 Å². The number of carbonyl (C=O) groups is 3. The molecule has 0 aliphatic heterocycles. The van der Waals surface area contributed by atoms with Gasteiger partial charge < -0.3 is 14.8 Å². The van der Waals surface area contributed by atoms with Crippen molar-refractivity contribution < 1.29 is 23.9 Å². The molecule has 0 aliphatic rings. The summed E-state index contributed by atoms with van der Waals surface area (Å²) >= 11 is 0. The van der Waals surface area contributed by atoms with Crippen molar-refractivity contribution in [2.24, 2.45) is 0 Å². The smallest absolute Gasteiger partial charge is 0.358 e. The molecule has 1 N–H and O–H groups in total. The Morgan fingerprint density at radius 1 is 0.889 bits per heavy atom. The van der Waals surface area contributed by atoms with Crippen LogP contribution >= 0.6 is 0 Å². The number of rotatable bonds is 7. The van der Waals surface area contributed by atoms with Crippen molar-refractivity contribution >= 4 is 23.5 Å². The van der Waals surface area contributed by atoms with Crippen molar-refractivity contribution in [2.75, 3.05) is 19.0 Å². The van der Waals surface area contributed by atoms with Crippen molar-refractivity contribution in [3.05, 3.63) is 101 Å². The minimum atomic E-state index is -0.508. The molecule has 182 valence electrons. The maximum atomic E-state index is 12.8. The van der Waals surface area contributed by atoms with Gasteiger partial charge in [0.1, 0.15) is 0 Å². The van der Waals surface area contributed by atoms with Gasteiger partial charge in [-0.3, -0.25) is 4.79 Å². The molecule has 0 spiro atoms. The molecule has 3 aromatic carbocycles. The Balaban J connectivity index is 1.66. The molecule has 4 rings (SSSR count). The van der Waals surface area contributed by atoms with E-state index in [1.54, 1.807) is 41.9 Å². The number of hydrogen-bond donors (Lipinski definition) is 1.